The summed E-state index contributed by atoms with van der Waals surface area (Å²) in [5.74, 6) is 0. The molecule has 0 fully saturated rings. The van der Waals surface area contributed by atoms with E-state index in [1.54, 1.807) is 19.2 Å². The highest BCUT2D eigenvalue weighted by molar-refractivity contribution is 6.38. The van der Waals surface area contributed by atoms with Crippen LogP contribution in [0.15, 0.2) is 12.1 Å². The zero-order chi connectivity index (χ0) is 10.7. The van der Waals surface area contributed by atoms with Gasteiger partial charge in [-0.15, -0.1) is 0 Å². The lowest BCUT2D eigenvalue weighted by atomic mass is 10.1. The first kappa shape index (κ1) is 11.6. The summed E-state index contributed by atoms with van der Waals surface area (Å²) in [4.78, 5) is 0. The molecule has 0 aliphatic rings. The zero-order valence-electron chi connectivity index (χ0n) is 7.72. The summed E-state index contributed by atoms with van der Waals surface area (Å²) in [5, 5.41) is 13.2. The highest BCUT2D eigenvalue weighted by Gasteiger charge is 2.11. The van der Waals surface area contributed by atoms with E-state index in [4.69, 9.17) is 28.9 Å². The smallest absolute Gasteiger partial charge is 0.0915 e. The molecule has 0 bridgehead atoms. The molecule has 0 radical (unpaired) electrons. The predicted molar refractivity (Wildman–Crippen MR) is 59.8 cm³/mol. The molecule has 0 aliphatic carbocycles. The molecule has 0 saturated heterocycles. The van der Waals surface area contributed by atoms with Crippen LogP contribution in [0.5, 0.6) is 0 Å². The third kappa shape index (κ3) is 2.51. The molecular formula is C9H12Cl2N2O. The molecule has 1 atom stereocenters. The molecule has 0 saturated carbocycles. The topological polar surface area (TPSA) is 58.3 Å². The molecule has 5 heteroatoms. The minimum Gasteiger partial charge on any atom is -0.396 e. The van der Waals surface area contributed by atoms with Crippen molar-refractivity contribution >= 4 is 28.9 Å². The van der Waals surface area contributed by atoms with Gasteiger partial charge in [-0.25, -0.2) is 0 Å². The Morgan fingerprint density at radius 1 is 1.43 bits per heavy atom. The summed E-state index contributed by atoms with van der Waals surface area (Å²) in [6, 6.07) is 3.23. The highest BCUT2D eigenvalue weighted by atomic mass is 35.5. The normalized spacial score (nSPS) is 12.9. The molecule has 0 spiro atoms. The fourth-order valence-electron chi connectivity index (χ4n) is 1.11. The summed E-state index contributed by atoms with van der Waals surface area (Å²) in [7, 11) is 1.75. The van der Waals surface area contributed by atoms with Crippen LogP contribution in [0.4, 0.5) is 5.69 Å². The van der Waals surface area contributed by atoms with Crippen molar-refractivity contribution in [3.05, 3.63) is 27.7 Å². The summed E-state index contributed by atoms with van der Waals surface area (Å²) >= 11 is 11.6. The Labute approximate surface area is 92.8 Å². The third-order valence-corrected chi connectivity index (χ3v) is 2.51. The number of aliphatic hydroxyl groups is 1. The largest absolute Gasteiger partial charge is 0.396 e. The Kier molecular flexibility index (Phi) is 4.01. The van der Waals surface area contributed by atoms with E-state index in [1.165, 1.54) is 0 Å². The molecule has 0 aromatic heterocycles. The number of benzene rings is 1. The lowest BCUT2D eigenvalue weighted by Crippen LogP contribution is -2.16. The number of anilines is 1. The van der Waals surface area contributed by atoms with Crippen LogP contribution >= 0.6 is 23.2 Å². The number of hydrogen-bond acceptors (Lipinski definition) is 3. The molecule has 78 valence electrons. The van der Waals surface area contributed by atoms with Crippen molar-refractivity contribution in [2.75, 3.05) is 19.3 Å². The van der Waals surface area contributed by atoms with Gasteiger partial charge in [0.15, 0.2) is 0 Å². The molecule has 0 amide bonds. The van der Waals surface area contributed by atoms with Crippen molar-refractivity contribution < 1.29 is 5.11 Å². The van der Waals surface area contributed by atoms with Crippen LogP contribution in [0.25, 0.3) is 0 Å². The van der Waals surface area contributed by atoms with E-state index in [1.807, 2.05) is 0 Å². The lowest BCUT2D eigenvalue weighted by molar-refractivity contribution is 0.178. The number of hydrogen-bond donors (Lipinski definition) is 3. The van der Waals surface area contributed by atoms with E-state index in [0.29, 0.717) is 27.8 Å². The van der Waals surface area contributed by atoms with E-state index < -0.39 is 6.10 Å². The van der Waals surface area contributed by atoms with Crippen molar-refractivity contribution in [1.29, 1.82) is 0 Å². The molecule has 1 rings (SSSR count). The van der Waals surface area contributed by atoms with Crippen LogP contribution in [0.3, 0.4) is 0 Å². The van der Waals surface area contributed by atoms with Crippen molar-refractivity contribution in [2.24, 2.45) is 0 Å². The molecule has 4 N–H and O–H groups in total. The summed E-state index contributed by atoms with van der Waals surface area (Å²) in [6.45, 7) is 0.441. The monoisotopic (exact) mass is 234 g/mol. The van der Waals surface area contributed by atoms with Gasteiger partial charge in [-0.05, 0) is 24.7 Å². The van der Waals surface area contributed by atoms with E-state index in [-0.39, 0.29) is 0 Å². The fraction of sp³-hybridized carbons (Fsp3) is 0.333. The van der Waals surface area contributed by atoms with Gasteiger partial charge in [0.05, 0.1) is 21.8 Å². The first-order valence-electron chi connectivity index (χ1n) is 4.13. The molecular weight excluding hydrogens is 223 g/mol. The van der Waals surface area contributed by atoms with E-state index >= 15 is 0 Å². The highest BCUT2D eigenvalue weighted by Crippen LogP contribution is 2.30. The molecule has 3 nitrogen and oxygen atoms in total. The number of rotatable bonds is 3. The standard InChI is InChI=1S/C9H12Cl2N2O/c1-13-4-8(14)5-2-6(10)9(12)7(11)3-5/h2-3,8,13-14H,4,12H2,1H3. The summed E-state index contributed by atoms with van der Waals surface area (Å²) in [5.41, 5.74) is 6.56. The molecule has 0 heterocycles. The van der Waals surface area contributed by atoms with Crippen molar-refractivity contribution in [1.82, 2.24) is 5.32 Å². The SMILES string of the molecule is CNCC(O)c1cc(Cl)c(N)c(Cl)c1. The second-order valence-corrected chi connectivity index (χ2v) is 3.79. The number of halogens is 2. The Morgan fingerprint density at radius 3 is 2.36 bits per heavy atom. The first-order chi connectivity index (χ1) is 6.56. The number of nitrogen functional groups attached to an aromatic ring is 1. The van der Waals surface area contributed by atoms with Gasteiger partial charge in [-0.1, -0.05) is 23.2 Å². The van der Waals surface area contributed by atoms with Crippen LogP contribution in [0.1, 0.15) is 11.7 Å². The average Bonchev–Trinajstić information content (AvgIpc) is 2.13. The number of nitrogens with one attached hydrogen (secondary N) is 1. The third-order valence-electron chi connectivity index (χ3n) is 1.88. The van der Waals surface area contributed by atoms with Gasteiger partial charge in [0.1, 0.15) is 0 Å². The molecule has 14 heavy (non-hydrogen) atoms. The van der Waals surface area contributed by atoms with Gasteiger partial charge in [0, 0.05) is 6.54 Å². The van der Waals surface area contributed by atoms with Gasteiger partial charge in [-0.2, -0.15) is 0 Å². The minimum absolute atomic E-state index is 0.341. The van der Waals surface area contributed by atoms with Crippen molar-refractivity contribution in [3.8, 4) is 0 Å². The zero-order valence-corrected chi connectivity index (χ0v) is 9.23. The average molecular weight is 235 g/mol. The molecule has 0 aliphatic heterocycles. The number of likely N-dealkylation sites (N-methyl/N-ethyl adjacent to an activating group) is 1. The minimum atomic E-state index is -0.629. The van der Waals surface area contributed by atoms with Gasteiger partial charge in [0.2, 0.25) is 0 Å². The van der Waals surface area contributed by atoms with Crippen LogP contribution in [-0.2, 0) is 0 Å². The van der Waals surface area contributed by atoms with Crippen molar-refractivity contribution in [2.45, 2.75) is 6.10 Å². The molecule has 1 aromatic rings. The maximum atomic E-state index is 9.64. The lowest BCUT2D eigenvalue weighted by Gasteiger charge is -2.12. The first-order valence-corrected chi connectivity index (χ1v) is 4.89. The predicted octanol–water partition coefficient (Wildman–Crippen LogP) is 1.83. The Balaban J connectivity index is 3.00. The van der Waals surface area contributed by atoms with Crippen LogP contribution in [0, 0.1) is 0 Å². The van der Waals surface area contributed by atoms with Gasteiger partial charge >= 0.3 is 0 Å². The van der Waals surface area contributed by atoms with Gasteiger partial charge < -0.3 is 16.2 Å². The number of nitrogens with two attached hydrogens (primary N) is 1. The second-order valence-electron chi connectivity index (χ2n) is 2.97. The summed E-state index contributed by atoms with van der Waals surface area (Å²) in [6.07, 6.45) is -0.629. The molecule has 1 aromatic carbocycles. The van der Waals surface area contributed by atoms with Crippen molar-refractivity contribution in [3.63, 3.8) is 0 Å². The van der Waals surface area contributed by atoms with Crippen LogP contribution in [0.2, 0.25) is 10.0 Å². The maximum absolute atomic E-state index is 9.64. The summed E-state index contributed by atoms with van der Waals surface area (Å²) < 4.78 is 0. The van der Waals surface area contributed by atoms with E-state index in [9.17, 15) is 5.11 Å². The van der Waals surface area contributed by atoms with E-state index in [2.05, 4.69) is 5.32 Å². The Morgan fingerprint density at radius 2 is 1.93 bits per heavy atom. The molecule has 1 unspecified atom stereocenters. The Bertz CT molecular complexity index is 308. The fourth-order valence-corrected chi connectivity index (χ4v) is 1.61. The van der Waals surface area contributed by atoms with Crippen LogP contribution < -0.4 is 11.1 Å². The number of aliphatic hydroxyl groups excluding tert-OH is 1. The quantitative estimate of drug-likeness (QED) is 0.700. The second kappa shape index (κ2) is 4.84. The maximum Gasteiger partial charge on any atom is 0.0915 e. The van der Waals surface area contributed by atoms with Gasteiger partial charge in [0.25, 0.3) is 0 Å². The van der Waals surface area contributed by atoms with E-state index in [0.717, 1.165) is 0 Å². The van der Waals surface area contributed by atoms with Crippen LogP contribution in [-0.4, -0.2) is 18.7 Å². The Hall–Kier alpha value is -0.480. The van der Waals surface area contributed by atoms with Gasteiger partial charge in [-0.3, -0.25) is 0 Å².